The molecule has 2 aliphatic rings. The van der Waals surface area contributed by atoms with E-state index in [-0.39, 0.29) is 0 Å². The molecule has 2 heterocycles. The Bertz CT molecular complexity index is 490. The normalized spacial score (nSPS) is 22.5. The number of aromatic nitrogens is 4. The number of ether oxygens (including phenoxy) is 1. The van der Waals surface area contributed by atoms with Gasteiger partial charge in [0.15, 0.2) is 5.82 Å². The number of carboxylic acid groups (broad SMARTS) is 1. The number of aliphatic carboxylic acids is 1. The number of nitrogens with zero attached hydrogens (tertiary/aromatic N) is 4. The van der Waals surface area contributed by atoms with Gasteiger partial charge in [-0.25, -0.2) is 4.68 Å². The lowest BCUT2D eigenvalue weighted by molar-refractivity contribution is -0.156. The summed E-state index contributed by atoms with van der Waals surface area (Å²) in [6.45, 7) is 1.33. The molecule has 2 fully saturated rings. The molecule has 0 aromatic carbocycles. The van der Waals surface area contributed by atoms with Crippen molar-refractivity contribution in [3.05, 3.63) is 5.82 Å². The first-order valence-electron chi connectivity index (χ1n) is 7.76. The van der Waals surface area contributed by atoms with Crippen LogP contribution in [0.1, 0.15) is 44.3 Å². The second kappa shape index (κ2) is 6.09. The van der Waals surface area contributed by atoms with Crippen molar-refractivity contribution in [2.24, 2.45) is 11.3 Å². The second-order valence-electron chi connectivity index (χ2n) is 6.31. The maximum Gasteiger partial charge on any atom is 0.311 e. The number of hydrogen-bond acceptors (Lipinski definition) is 5. The standard InChI is InChI=1S/C14H22N4O3/c19-13(20)14(5-7-21-8-6-14)10-18-12(15-16-17-18)9-11-3-1-2-4-11/h11H,1-10H2,(H,19,20). The van der Waals surface area contributed by atoms with Crippen LogP contribution in [0.2, 0.25) is 0 Å². The molecule has 1 aliphatic heterocycles. The first-order chi connectivity index (χ1) is 10.2. The van der Waals surface area contributed by atoms with Gasteiger partial charge in [-0.2, -0.15) is 0 Å². The van der Waals surface area contributed by atoms with Crippen molar-refractivity contribution < 1.29 is 14.6 Å². The third-order valence-electron chi connectivity index (χ3n) is 4.91. The van der Waals surface area contributed by atoms with Crippen LogP contribution in [0, 0.1) is 11.3 Å². The quantitative estimate of drug-likeness (QED) is 0.880. The lowest BCUT2D eigenvalue weighted by Gasteiger charge is -2.32. The minimum atomic E-state index is -0.794. The number of hydrogen-bond donors (Lipinski definition) is 1. The summed E-state index contributed by atoms with van der Waals surface area (Å²) in [6, 6.07) is 0. The molecule has 116 valence electrons. The Kier molecular flexibility index (Phi) is 4.19. The van der Waals surface area contributed by atoms with Crippen LogP contribution in [0.5, 0.6) is 0 Å². The van der Waals surface area contributed by atoms with E-state index >= 15 is 0 Å². The zero-order valence-corrected chi connectivity index (χ0v) is 12.2. The molecule has 0 radical (unpaired) electrons. The van der Waals surface area contributed by atoms with Crippen molar-refractivity contribution in [3.8, 4) is 0 Å². The van der Waals surface area contributed by atoms with Crippen LogP contribution in [-0.4, -0.2) is 44.5 Å². The molecule has 1 aromatic rings. The van der Waals surface area contributed by atoms with Gasteiger partial charge in [-0.15, -0.1) is 5.10 Å². The molecule has 1 aromatic heterocycles. The Morgan fingerprint density at radius 1 is 1.33 bits per heavy atom. The fourth-order valence-corrected chi connectivity index (χ4v) is 3.45. The van der Waals surface area contributed by atoms with Gasteiger partial charge in [0, 0.05) is 19.6 Å². The minimum Gasteiger partial charge on any atom is -0.481 e. The van der Waals surface area contributed by atoms with E-state index in [1.807, 2.05) is 0 Å². The maximum atomic E-state index is 11.7. The third kappa shape index (κ3) is 3.07. The Labute approximate surface area is 123 Å². The average Bonchev–Trinajstić information content (AvgIpc) is 3.13. The molecule has 21 heavy (non-hydrogen) atoms. The summed E-state index contributed by atoms with van der Waals surface area (Å²) in [6.07, 6.45) is 6.91. The highest BCUT2D eigenvalue weighted by atomic mass is 16.5. The van der Waals surface area contributed by atoms with Gasteiger partial charge in [0.1, 0.15) is 0 Å². The van der Waals surface area contributed by atoms with E-state index in [1.54, 1.807) is 4.68 Å². The number of carboxylic acids is 1. The van der Waals surface area contributed by atoms with Crippen molar-refractivity contribution in [3.63, 3.8) is 0 Å². The smallest absolute Gasteiger partial charge is 0.311 e. The van der Waals surface area contributed by atoms with E-state index in [0.29, 0.717) is 38.5 Å². The van der Waals surface area contributed by atoms with E-state index < -0.39 is 11.4 Å². The van der Waals surface area contributed by atoms with Gasteiger partial charge in [0.25, 0.3) is 0 Å². The van der Waals surface area contributed by atoms with Crippen LogP contribution < -0.4 is 0 Å². The number of carbonyl (C=O) groups is 1. The van der Waals surface area contributed by atoms with Gasteiger partial charge in [0.05, 0.1) is 12.0 Å². The molecule has 0 amide bonds. The Morgan fingerprint density at radius 3 is 2.71 bits per heavy atom. The van der Waals surface area contributed by atoms with E-state index in [9.17, 15) is 9.90 Å². The molecule has 7 heteroatoms. The summed E-state index contributed by atoms with van der Waals surface area (Å²) < 4.78 is 7.01. The molecule has 0 spiro atoms. The van der Waals surface area contributed by atoms with Crippen molar-refractivity contribution in [1.82, 2.24) is 20.2 Å². The van der Waals surface area contributed by atoms with Gasteiger partial charge < -0.3 is 9.84 Å². The summed E-state index contributed by atoms with van der Waals surface area (Å²) in [5.74, 6) is 0.701. The molecular weight excluding hydrogens is 272 g/mol. The zero-order chi connectivity index (χ0) is 14.7. The van der Waals surface area contributed by atoms with Gasteiger partial charge in [-0.05, 0) is 29.2 Å². The zero-order valence-electron chi connectivity index (χ0n) is 12.2. The second-order valence-corrected chi connectivity index (χ2v) is 6.31. The maximum absolute atomic E-state index is 11.7. The summed E-state index contributed by atoms with van der Waals surface area (Å²) in [5.41, 5.74) is -0.794. The molecule has 1 saturated carbocycles. The van der Waals surface area contributed by atoms with E-state index in [0.717, 1.165) is 12.2 Å². The SMILES string of the molecule is O=C(O)C1(Cn2nnnc2CC2CCCC2)CCOCC1. The van der Waals surface area contributed by atoms with Gasteiger partial charge in [-0.3, -0.25) is 4.79 Å². The predicted octanol–water partition coefficient (Wildman–Crippen LogP) is 1.29. The van der Waals surface area contributed by atoms with E-state index in [1.165, 1.54) is 25.7 Å². The summed E-state index contributed by atoms with van der Waals surface area (Å²) in [5, 5.41) is 21.5. The lowest BCUT2D eigenvalue weighted by Crippen LogP contribution is -2.41. The fraction of sp³-hybridized carbons (Fsp3) is 0.857. The topological polar surface area (TPSA) is 90.1 Å². The predicted molar refractivity (Wildman–Crippen MR) is 73.6 cm³/mol. The minimum absolute atomic E-state index is 0.348. The van der Waals surface area contributed by atoms with Gasteiger partial charge >= 0.3 is 5.97 Å². The van der Waals surface area contributed by atoms with Crippen LogP contribution in [-0.2, 0) is 22.5 Å². The van der Waals surface area contributed by atoms with Crippen LogP contribution >= 0.6 is 0 Å². The van der Waals surface area contributed by atoms with Crippen LogP contribution in [0.25, 0.3) is 0 Å². The largest absolute Gasteiger partial charge is 0.481 e. The van der Waals surface area contributed by atoms with Crippen molar-refractivity contribution in [2.75, 3.05) is 13.2 Å². The monoisotopic (exact) mass is 294 g/mol. The number of rotatable bonds is 5. The molecule has 0 unspecified atom stereocenters. The Hall–Kier alpha value is -1.50. The highest BCUT2D eigenvalue weighted by molar-refractivity contribution is 5.74. The Balaban J connectivity index is 1.74. The van der Waals surface area contributed by atoms with Gasteiger partial charge in [-0.1, -0.05) is 25.7 Å². The molecule has 0 bridgehead atoms. The molecule has 3 rings (SSSR count). The lowest BCUT2D eigenvalue weighted by atomic mass is 9.80. The first-order valence-corrected chi connectivity index (χ1v) is 7.76. The summed E-state index contributed by atoms with van der Waals surface area (Å²) >= 11 is 0. The van der Waals surface area contributed by atoms with Crippen molar-refractivity contribution in [2.45, 2.75) is 51.5 Å². The molecule has 1 N–H and O–H groups in total. The molecule has 7 nitrogen and oxygen atoms in total. The van der Waals surface area contributed by atoms with Gasteiger partial charge in [0.2, 0.25) is 0 Å². The van der Waals surface area contributed by atoms with Crippen LogP contribution in [0.3, 0.4) is 0 Å². The first kappa shape index (κ1) is 14.4. The van der Waals surface area contributed by atoms with Crippen LogP contribution in [0.4, 0.5) is 0 Å². The van der Waals surface area contributed by atoms with Crippen LogP contribution in [0.15, 0.2) is 0 Å². The Morgan fingerprint density at radius 2 is 2.05 bits per heavy atom. The average molecular weight is 294 g/mol. The highest BCUT2D eigenvalue weighted by Gasteiger charge is 2.41. The van der Waals surface area contributed by atoms with E-state index in [4.69, 9.17) is 4.74 Å². The molecule has 1 saturated heterocycles. The fourth-order valence-electron chi connectivity index (χ4n) is 3.45. The summed E-state index contributed by atoms with van der Waals surface area (Å²) in [7, 11) is 0. The van der Waals surface area contributed by atoms with Crippen molar-refractivity contribution >= 4 is 5.97 Å². The highest BCUT2D eigenvalue weighted by Crippen LogP contribution is 2.33. The molecule has 1 aliphatic carbocycles. The number of tetrazole rings is 1. The van der Waals surface area contributed by atoms with E-state index in [2.05, 4.69) is 15.5 Å². The summed E-state index contributed by atoms with van der Waals surface area (Å²) in [4.78, 5) is 11.7. The third-order valence-corrected chi connectivity index (χ3v) is 4.91. The van der Waals surface area contributed by atoms with Crippen molar-refractivity contribution in [1.29, 1.82) is 0 Å². The molecule has 0 atom stereocenters. The molecular formula is C14H22N4O3.